The lowest BCUT2D eigenvalue weighted by Gasteiger charge is -2.09. The molecule has 3 aromatic rings. The van der Waals surface area contributed by atoms with E-state index in [2.05, 4.69) is 16.7 Å². The molecule has 0 aliphatic carbocycles. The van der Waals surface area contributed by atoms with Crippen LogP contribution in [0.15, 0.2) is 72.8 Å². The summed E-state index contributed by atoms with van der Waals surface area (Å²) in [5, 5.41) is 6.09. The van der Waals surface area contributed by atoms with Crippen LogP contribution >= 0.6 is 0 Å². The first-order valence-corrected chi connectivity index (χ1v) is 8.07. The van der Waals surface area contributed by atoms with E-state index in [-0.39, 0.29) is 18.1 Å². The van der Waals surface area contributed by atoms with Gasteiger partial charge in [-0.05, 0) is 60.5 Å². The molecule has 126 valence electrons. The summed E-state index contributed by atoms with van der Waals surface area (Å²) in [7, 11) is 0. The largest absolute Gasteiger partial charge is 0.356 e. The van der Waals surface area contributed by atoms with Crippen molar-refractivity contribution >= 4 is 23.0 Å². The van der Waals surface area contributed by atoms with E-state index < -0.39 is 0 Å². The topological polar surface area (TPSA) is 41.1 Å². The van der Waals surface area contributed by atoms with Gasteiger partial charge in [-0.3, -0.25) is 4.79 Å². The maximum absolute atomic E-state index is 13.6. The molecule has 0 heterocycles. The molecule has 1 amide bonds. The third-order valence-electron chi connectivity index (χ3n) is 3.78. The number of aryl methyl sites for hydroxylation is 1. The minimum Gasteiger partial charge on any atom is -0.356 e. The molecule has 2 N–H and O–H groups in total. The number of nitrogens with one attached hydrogen (secondary N) is 2. The third-order valence-corrected chi connectivity index (χ3v) is 3.78. The molecule has 0 aliphatic heterocycles. The monoisotopic (exact) mass is 334 g/mol. The van der Waals surface area contributed by atoms with Gasteiger partial charge in [0.2, 0.25) is 5.91 Å². The van der Waals surface area contributed by atoms with E-state index in [0.717, 1.165) is 11.4 Å². The van der Waals surface area contributed by atoms with Crippen molar-refractivity contribution in [3.8, 4) is 0 Å². The van der Waals surface area contributed by atoms with Crippen molar-refractivity contribution in [2.75, 3.05) is 10.6 Å². The second-order valence-electron chi connectivity index (χ2n) is 5.89. The molecule has 0 atom stereocenters. The standard InChI is InChI=1S/C21H19FN2O/c1-15-5-4-7-19(13-15)23-17-9-11-18(12-10-17)24-21(25)14-16-6-2-3-8-20(16)22/h2-13,23H,14H2,1H3,(H,24,25). The number of hydrogen-bond donors (Lipinski definition) is 2. The Hall–Kier alpha value is -3.14. The first kappa shape index (κ1) is 16.7. The van der Waals surface area contributed by atoms with Gasteiger partial charge in [0, 0.05) is 17.1 Å². The Morgan fingerprint density at radius 1 is 0.880 bits per heavy atom. The van der Waals surface area contributed by atoms with Crippen molar-refractivity contribution in [3.63, 3.8) is 0 Å². The third kappa shape index (κ3) is 4.67. The Labute approximate surface area is 146 Å². The van der Waals surface area contributed by atoms with Crippen LogP contribution in [0.3, 0.4) is 0 Å². The van der Waals surface area contributed by atoms with Crippen LogP contribution in [-0.4, -0.2) is 5.91 Å². The van der Waals surface area contributed by atoms with Gasteiger partial charge in [-0.2, -0.15) is 0 Å². The van der Waals surface area contributed by atoms with Crippen molar-refractivity contribution < 1.29 is 9.18 Å². The molecule has 0 saturated heterocycles. The summed E-state index contributed by atoms with van der Waals surface area (Å²) in [5.74, 6) is -0.611. The summed E-state index contributed by atoms with van der Waals surface area (Å²) < 4.78 is 13.6. The van der Waals surface area contributed by atoms with Gasteiger partial charge in [0.1, 0.15) is 5.82 Å². The minimum absolute atomic E-state index is 0.00989. The summed E-state index contributed by atoms with van der Waals surface area (Å²) in [6.07, 6.45) is 0.00989. The number of benzene rings is 3. The zero-order valence-electron chi connectivity index (χ0n) is 13.9. The molecular weight excluding hydrogens is 315 g/mol. The molecule has 3 aromatic carbocycles. The molecule has 0 unspecified atom stereocenters. The number of hydrogen-bond acceptors (Lipinski definition) is 2. The maximum atomic E-state index is 13.6. The van der Waals surface area contributed by atoms with E-state index in [0.29, 0.717) is 11.3 Å². The molecule has 0 bridgehead atoms. The van der Waals surface area contributed by atoms with Crippen molar-refractivity contribution in [3.05, 3.63) is 89.7 Å². The lowest BCUT2D eigenvalue weighted by Crippen LogP contribution is -2.15. The van der Waals surface area contributed by atoms with Gasteiger partial charge in [0.25, 0.3) is 0 Å². The van der Waals surface area contributed by atoms with Crippen molar-refractivity contribution in [2.45, 2.75) is 13.3 Å². The van der Waals surface area contributed by atoms with Crippen LogP contribution in [0.4, 0.5) is 21.5 Å². The molecule has 0 aromatic heterocycles. The first-order chi connectivity index (χ1) is 12.1. The van der Waals surface area contributed by atoms with Crippen LogP contribution in [0.2, 0.25) is 0 Å². The van der Waals surface area contributed by atoms with Crippen molar-refractivity contribution in [2.24, 2.45) is 0 Å². The second-order valence-corrected chi connectivity index (χ2v) is 5.89. The van der Waals surface area contributed by atoms with Crippen LogP contribution in [-0.2, 0) is 11.2 Å². The highest BCUT2D eigenvalue weighted by molar-refractivity contribution is 5.92. The molecule has 0 spiro atoms. The molecule has 25 heavy (non-hydrogen) atoms. The van der Waals surface area contributed by atoms with Crippen LogP contribution < -0.4 is 10.6 Å². The normalized spacial score (nSPS) is 10.3. The molecule has 0 radical (unpaired) electrons. The molecule has 0 fully saturated rings. The van der Waals surface area contributed by atoms with Crippen LogP contribution in [0.25, 0.3) is 0 Å². The second kappa shape index (κ2) is 7.62. The lowest BCUT2D eigenvalue weighted by molar-refractivity contribution is -0.115. The maximum Gasteiger partial charge on any atom is 0.228 e. The van der Waals surface area contributed by atoms with Crippen LogP contribution in [0.5, 0.6) is 0 Å². The number of carbonyl (C=O) groups excluding carboxylic acids is 1. The molecule has 4 heteroatoms. The smallest absolute Gasteiger partial charge is 0.228 e. The van der Waals surface area contributed by atoms with Gasteiger partial charge < -0.3 is 10.6 Å². The van der Waals surface area contributed by atoms with Gasteiger partial charge in [0.05, 0.1) is 6.42 Å². The Morgan fingerprint density at radius 3 is 2.32 bits per heavy atom. The fourth-order valence-corrected chi connectivity index (χ4v) is 2.55. The summed E-state index contributed by atoms with van der Waals surface area (Å²) in [6.45, 7) is 2.04. The first-order valence-electron chi connectivity index (χ1n) is 8.07. The SMILES string of the molecule is Cc1cccc(Nc2ccc(NC(=O)Cc3ccccc3F)cc2)c1. The van der Waals surface area contributed by atoms with E-state index in [1.165, 1.54) is 11.6 Å². The lowest BCUT2D eigenvalue weighted by atomic mass is 10.1. The predicted molar refractivity (Wildman–Crippen MR) is 99.6 cm³/mol. The zero-order chi connectivity index (χ0) is 17.6. The summed E-state index contributed by atoms with van der Waals surface area (Å²) in [5.41, 5.74) is 4.19. The number of anilines is 3. The quantitative estimate of drug-likeness (QED) is 0.685. The fourth-order valence-electron chi connectivity index (χ4n) is 2.55. The fraction of sp³-hybridized carbons (Fsp3) is 0.0952. The summed E-state index contributed by atoms with van der Waals surface area (Å²) in [6, 6.07) is 21.8. The van der Waals surface area contributed by atoms with Crippen molar-refractivity contribution in [1.29, 1.82) is 0 Å². The van der Waals surface area contributed by atoms with Gasteiger partial charge in [-0.15, -0.1) is 0 Å². The Balaban J connectivity index is 1.60. The average molecular weight is 334 g/mol. The predicted octanol–water partition coefficient (Wildman–Crippen LogP) is 5.06. The van der Waals surface area contributed by atoms with E-state index in [1.807, 2.05) is 49.4 Å². The highest BCUT2D eigenvalue weighted by Gasteiger charge is 2.08. The number of halogens is 1. The van der Waals surface area contributed by atoms with E-state index in [4.69, 9.17) is 0 Å². The van der Waals surface area contributed by atoms with Gasteiger partial charge in [0.15, 0.2) is 0 Å². The van der Waals surface area contributed by atoms with Gasteiger partial charge in [-0.25, -0.2) is 4.39 Å². The van der Waals surface area contributed by atoms with Gasteiger partial charge in [-0.1, -0.05) is 30.3 Å². The highest BCUT2D eigenvalue weighted by atomic mass is 19.1. The summed E-state index contributed by atoms with van der Waals surface area (Å²) in [4.78, 5) is 12.1. The summed E-state index contributed by atoms with van der Waals surface area (Å²) >= 11 is 0. The van der Waals surface area contributed by atoms with Crippen molar-refractivity contribution in [1.82, 2.24) is 0 Å². The molecule has 0 saturated carbocycles. The van der Waals surface area contributed by atoms with Crippen LogP contribution in [0, 0.1) is 12.7 Å². The van der Waals surface area contributed by atoms with E-state index in [9.17, 15) is 9.18 Å². The molecule has 3 nitrogen and oxygen atoms in total. The Morgan fingerprint density at radius 2 is 1.60 bits per heavy atom. The zero-order valence-corrected chi connectivity index (χ0v) is 13.9. The molecular formula is C21H19FN2O. The van der Waals surface area contributed by atoms with Crippen LogP contribution in [0.1, 0.15) is 11.1 Å². The van der Waals surface area contributed by atoms with Gasteiger partial charge >= 0.3 is 0 Å². The number of rotatable bonds is 5. The van der Waals surface area contributed by atoms with E-state index >= 15 is 0 Å². The molecule has 0 aliphatic rings. The van der Waals surface area contributed by atoms with E-state index in [1.54, 1.807) is 18.2 Å². The average Bonchev–Trinajstić information content (AvgIpc) is 2.59. The Kier molecular flexibility index (Phi) is 5.09. The minimum atomic E-state index is -0.365. The Bertz CT molecular complexity index is 875. The molecule has 3 rings (SSSR count). The highest BCUT2D eigenvalue weighted by Crippen LogP contribution is 2.20. The number of carbonyl (C=O) groups is 1. The number of amides is 1.